The second kappa shape index (κ2) is 8.08. The van der Waals surface area contributed by atoms with E-state index in [0.717, 1.165) is 17.6 Å². The van der Waals surface area contributed by atoms with Crippen LogP contribution in [0, 0.1) is 0 Å². The summed E-state index contributed by atoms with van der Waals surface area (Å²) in [6, 6.07) is 7.70. The van der Waals surface area contributed by atoms with E-state index in [2.05, 4.69) is 33.9 Å². The van der Waals surface area contributed by atoms with Gasteiger partial charge in [-0.3, -0.25) is 0 Å². The van der Waals surface area contributed by atoms with Crippen LogP contribution in [0.15, 0.2) is 24.3 Å². The zero-order chi connectivity index (χ0) is 17.7. The topological polar surface area (TPSA) is 44.8 Å². The molecule has 0 unspecified atom stereocenters. The average molecular weight is 339 g/mol. The number of carbonyl (C=O) groups is 1. The molecule has 1 rings (SSSR count). The number of methoxy groups -OCH3 is 1. The van der Waals surface area contributed by atoms with Gasteiger partial charge in [-0.25, -0.2) is 0 Å². The molecule has 5 heteroatoms. The minimum atomic E-state index is -2.00. The number of benzene rings is 1. The molecule has 0 saturated carbocycles. The minimum Gasteiger partial charge on any atom is -0.497 e. The highest BCUT2D eigenvalue weighted by Gasteiger charge is 2.40. The molecule has 0 radical (unpaired) electrons. The molecule has 0 fully saturated rings. The van der Waals surface area contributed by atoms with Crippen LogP contribution >= 0.6 is 0 Å². The molecule has 130 valence electrons. The third kappa shape index (κ3) is 5.75. The Balaban J connectivity index is 2.62. The van der Waals surface area contributed by atoms with Crippen molar-refractivity contribution in [1.29, 1.82) is 0 Å². The number of ether oxygens (including phenoxy) is 2. The van der Waals surface area contributed by atoms with Crippen molar-refractivity contribution in [3.63, 3.8) is 0 Å². The van der Waals surface area contributed by atoms with Crippen LogP contribution in [-0.2, 0) is 20.6 Å². The molecule has 1 aromatic rings. The number of rotatable bonds is 8. The molecule has 2 atom stereocenters. The van der Waals surface area contributed by atoms with E-state index in [9.17, 15) is 4.79 Å². The fourth-order valence-corrected chi connectivity index (χ4v) is 3.08. The molecule has 0 aliphatic heterocycles. The van der Waals surface area contributed by atoms with Crippen molar-refractivity contribution in [3.8, 4) is 5.75 Å². The summed E-state index contributed by atoms with van der Waals surface area (Å²) < 4.78 is 17.1. The van der Waals surface area contributed by atoms with Crippen LogP contribution in [-0.4, -0.2) is 33.9 Å². The number of carbonyl (C=O) groups excluding carboxylic acids is 1. The highest BCUT2D eigenvalue weighted by atomic mass is 28.4. The zero-order valence-corrected chi connectivity index (χ0v) is 16.4. The summed E-state index contributed by atoms with van der Waals surface area (Å²) in [7, 11) is -0.361. The normalized spacial score (nSPS) is 15.1. The van der Waals surface area contributed by atoms with Gasteiger partial charge in [-0.05, 0) is 42.8 Å². The molecule has 1 aromatic carbocycles. The van der Waals surface area contributed by atoms with Crippen molar-refractivity contribution in [1.82, 2.24) is 0 Å². The van der Waals surface area contributed by atoms with E-state index in [1.165, 1.54) is 0 Å². The Bertz CT molecular complexity index is 491. The molecular formula is C18H30O4Si. The predicted molar refractivity (Wildman–Crippen MR) is 95.4 cm³/mol. The quantitative estimate of drug-likeness (QED) is 0.527. The van der Waals surface area contributed by atoms with E-state index in [1.54, 1.807) is 7.11 Å². The van der Waals surface area contributed by atoms with Gasteiger partial charge in [0.15, 0.2) is 8.32 Å². The average Bonchev–Trinajstić information content (AvgIpc) is 2.49. The largest absolute Gasteiger partial charge is 0.497 e. The summed E-state index contributed by atoms with van der Waals surface area (Å²) in [5.74, 6) is 0.814. The van der Waals surface area contributed by atoms with Gasteiger partial charge >= 0.3 is 0 Å². The van der Waals surface area contributed by atoms with Gasteiger partial charge in [-0.2, -0.15) is 0 Å². The summed E-state index contributed by atoms with van der Waals surface area (Å²) in [6.45, 7) is 13.1. The third-order valence-electron chi connectivity index (χ3n) is 4.51. The van der Waals surface area contributed by atoms with Crippen molar-refractivity contribution in [2.75, 3.05) is 7.11 Å². The fourth-order valence-electron chi connectivity index (χ4n) is 1.80. The summed E-state index contributed by atoms with van der Waals surface area (Å²) in [5.41, 5.74) is 1.04. The molecule has 0 aliphatic carbocycles. The number of hydrogen-bond donors (Lipinski definition) is 0. The Morgan fingerprint density at radius 2 is 1.74 bits per heavy atom. The highest BCUT2D eigenvalue weighted by molar-refractivity contribution is 6.74. The molecule has 0 amide bonds. The first-order valence-electron chi connectivity index (χ1n) is 7.98. The summed E-state index contributed by atoms with van der Waals surface area (Å²) in [4.78, 5) is 11.4. The Hall–Kier alpha value is -1.17. The fraction of sp³-hybridized carbons (Fsp3) is 0.611. The summed E-state index contributed by atoms with van der Waals surface area (Å²) in [6.07, 6.45) is 0.0389. The maximum Gasteiger partial charge on any atom is 0.193 e. The lowest BCUT2D eigenvalue weighted by molar-refractivity contribution is -0.121. The Morgan fingerprint density at radius 3 is 2.17 bits per heavy atom. The maximum atomic E-state index is 11.4. The van der Waals surface area contributed by atoms with Crippen molar-refractivity contribution in [2.24, 2.45) is 0 Å². The first-order chi connectivity index (χ1) is 10.6. The van der Waals surface area contributed by atoms with Crippen LogP contribution in [0.3, 0.4) is 0 Å². The van der Waals surface area contributed by atoms with E-state index in [-0.39, 0.29) is 11.1 Å². The van der Waals surface area contributed by atoms with E-state index >= 15 is 0 Å². The lowest BCUT2D eigenvalue weighted by Crippen LogP contribution is -2.47. The van der Waals surface area contributed by atoms with Crippen molar-refractivity contribution in [3.05, 3.63) is 29.8 Å². The van der Waals surface area contributed by atoms with E-state index in [1.807, 2.05) is 31.2 Å². The van der Waals surface area contributed by atoms with Crippen LogP contribution in [0.25, 0.3) is 0 Å². The van der Waals surface area contributed by atoms with Gasteiger partial charge in [0.05, 0.1) is 19.8 Å². The van der Waals surface area contributed by atoms with Crippen LogP contribution < -0.4 is 4.74 Å². The molecule has 23 heavy (non-hydrogen) atoms. The first kappa shape index (κ1) is 19.9. The molecule has 0 spiro atoms. The van der Waals surface area contributed by atoms with Crippen LogP contribution in [0.4, 0.5) is 0 Å². The molecule has 0 aliphatic rings. The van der Waals surface area contributed by atoms with Crippen molar-refractivity contribution in [2.45, 2.75) is 64.6 Å². The summed E-state index contributed by atoms with van der Waals surface area (Å²) >= 11 is 0. The maximum absolute atomic E-state index is 11.4. The van der Waals surface area contributed by atoms with E-state index in [4.69, 9.17) is 13.9 Å². The highest BCUT2D eigenvalue weighted by Crippen LogP contribution is 2.37. The van der Waals surface area contributed by atoms with Gasteiger partial charge in [0.2, 0.25) is 0 Å². The minimum absolute atomic E-state index is 0.0595. The smallest absolute Gasteiger partial charge is 0.193 e. The van der Waals surface area contributed by atoms with Crippen LogP contribution in [0.2, 0.25) is 18.1 Å². The second-order valence-electron chi connectivity index (χ2n) is 7.34. The monoisotopic (exact) mass is 338 g/mol. The Morgan fingerprint density at radius 1 is 1.17 bits per heavy atom. The predicted octanol–water partition coefficient (Wildman–Crippen LogP) is 4.19. The van der Waals surface area contributed by atoms with Crippen LogP contribution in [0.1, 0.15) is 33.3 Å². The molecule has 0 heterocycles. The third-order valence-corrected chi connectivity index (χ3v) is 8.98. The Labute approximate surface area is 141 Å². The van der Waals surface area contributed by atoms with Gasteiger partial charge in [-0.1, -0.05) is 32.9 Å². The van der Waals surface area contributed by atoms with Gasteiger partial charge in [0.25, 0.3) is 0 Å². The lowest BCUT2D eigenvalue weighted by Gasteiger charge is -2.39. The standard InChI is InChI=1S/C18H30O4Si/c1-14(17(12-19)22-23(6,7)18(2,3)4)21-13-15-8-10-16(20-5)11-9-15/h8-12,14,17H,13H2,1-7H3/t14-,17+/m0/s1. The molecule has 0 N–H and O–H groups in total. The van der Waals surface area contributed by atoms with Gasteiger partial charge in [0, 0.05) is 0 Å². The van der Waals surface area contributed by atoms with Crippen LogP contribution in [0.5, 0.6) is 5.75 Å². The van der Waals surface area contributed by atoms with Crippen molar-refractivity contribution >= 4 is 14.6 Å². The summed E-state index contributed by atoms with van der Waals surface area (Å²) in [5, 5.41) is 0.0595. The molecule has 0 saturated heterocycles. The van der Waals surface area contributed by atoms with E-state index in [0.29, 0.717) is 6.61 Å². The number of aldehydes is 1. The van der Waals surface area contributed by atoms with Gasteiger partial charge < -0.3 is 18.7 Å². The second-order valence-corrected chi connectivity index (χ2v) is 12.1. The molecule has 0 bridgehead atoms. The molecule has 0 aromatic heterocycles. The van der Waals surface area contributed by atoms with E-state index < -0.39 is 14.4 Å². The van der Waals surface area contributed by atoms with Gasteiger partial charge in [-0.15, -0.1) is 0 Å². The van der Waals surface area contributed by atoms with Gasteiger partial charge in [0.1, 0.15) is 18.1 Å². The SMILES string of the molecule is COc1ccc(CO[C@@H](C)[C@@H](C=O)O[Si](C)(C)C(C)(C)C)cc1. The van der Waals surface area contributed by atoms with Crippen molar-refractivity contribution < 1.29 is 18.7 Å². The Kier molecular flexibility index (Phi) is 6.98. The number of hydrogen-bond acceptors (Lipinski definition) is 4. The molecule has 4 nitrogen and oxygen atoms in total. The first-order valence-corrected chi connectivity index (χ1v) is 10.9. The zero-order valence-electron chi connectivity index (χ0n) is 15.4. The molecular weight excluding hydrogens is 308 g/mol. The lowest BCUT2D eigenvalue weighted by atomic mass is 10.2.